The Morgan fingerprint density at radius 2 is 1.67 bits per heavy atom. The van der Waals surface area contributed by atoms with Crippen molar-refractivity contribution in [1.29, 1.82) is 0 Å². The van der Waals surface area contributed by atoms with Crippen molar-refractivity contribution in [1.82, 2.24) is 14.5 Å². The molecule has 2 aromatic heterocycles. The molecular weight excluding hydrogens is 630 g/mol. The number of aliphatic hydroxyl groups excluding tert-OH is 1. The van der Waals surface area contributed by atoms with Crippen LogP contribution in [0.25, 0.3) is 33.5 Å². The molecule has 0 bridgehead atoms. The highest BCUT2D eigenvalue weighted by molar-refractivity contribution is 8.26. The fourth-order valence-electron chi connectivity index (χ4n) is 5.41. The fourth-order valence-corrected chi connectivity index (χ4v) is 7.03. The average Bonchev–Trinajstić information content (AvgIpc) is 3.65. The summed E-state index contributed by atoms with van der Waals surface area (Å²) in [7, 11) is -3.13. The van der Waals surface area contributed by atoms with Crippen molar-refractivity contribution in [2.75, 3.05) is 24.5 Å². The van der Waals surface area contributed by atoms with Crippen molar-refractivity contribution in [3.8, 4) is 28.4 Å². The number of nitrogens with two attached hydrogens (primary N) is 1. The number of pyridine rings is 1. The molecule has 0 aliphatic carbocycles. The van der Waals surface area contributed by atoms with Crippen molar-refractivity contribution < 1.29 is 24.1 Å². The van der Waals surface area contributed by atoms with Crippen LogP contribution >= 0.6 is 21.2 Å². The van der Waals surface area contributed by atoms with Gasteiger partial charge in [0.05, 0.1) is 23.9 Å². The van der Waals surface area contributed by atoms with Gasteiger partial charge >= 0.3 is 6.01 Å². The lowest BCUT2D eigenvalue weighted by atomic mass is 10.0. The quantitative estimate of drug-likeness (QED) is 0.108. The topological polar surface area (TPSA) is 126 Å². The van der Waals surface area contributed by atoms with Gasteiger partial charge in [0.25, 0.3) is 0 Å². The predicted molar refractivity (Wildman–Crippen MR) is 187 cm³/mol. The third-order valence-corrected chi connectivity index (χ3v) is 10.4. The number of rotatable bonds is 11. The third kappa shape index (κ3) is 7.39. The summed E-state index contributed by atoms with van der Waals surface area (Å²) < 4.78 is 29.0. The number of fused-ring (bicyclic) bond motifs is 2. The van der Waals surface area contributed by atoms with Gasteiger partial charge in [-0.2, -0.15) is 4.98 Å². The van der Waals surface area contributed by atoms with Gasteiger partial charge in [0, 0.05) is 25.9 Å². The first kappa shape index (κ1) is 32.0. The molecule has 2 aromatic carbocycles. The molecule has 4 aromatic rings. The van der Waals surface area contributed by atoms with Crippen LogP contribution in [-0.4, -0.2) is 83.7 Å². The van der Waals surface area contributed by atoms with E-state index in [0.717, 1.165) is 28.4 Å². The van der Waals surface area contributed by atoms with E-state index in [1.54, 1.807) is 6.07 Å². The number of halogens is 1. The van der Waals surface area contributed by atoms with E-state index in [-0.39, 0.29) is 26.0 Å². The first-order valence-electron chi connectivity index (χ1n) is 14.8. The first-order valence-corrected chi connectivity index (χ1v) is 20.9. The number of benzene rings is 2. The molecule has 0 radical (unpaired) electrons. The van der Waals surface area contributed by atoms with Crippen LogP contribution < -0.4 is 14.6 Å². The molecule has 240 valence electrons. The Hall–Kier alpha value is -2.94. The second kappa shape index (κ2) is 12.7. The van der Waals surface area contributed by atoms with Gasteiger partial charge in [0.15, 0.2) is 11.8 Å². The Morgan fingerprint density at radius 1 is 1.02 bits per heavy atom. The molecule has 13 heteroatoms. The highest BCUT2D eigenvalue weighted by atomic mass is 35.5. The van der Waals surface area contributed by atoms with E-state index >= 15 is 0 Å². The molecule has 2 aliphatic heterocycles. The molecule has 45 heavy (non-hydrogen) atoms. The summed E-state index contributed by atoms with van der Waals surface area (Å²) in [5.74, 6) is 7.73. The summed E-state index contributed by atoms with van der Waals surface area (Å²) in [6, 6.07) is 19.2. The van der Waals surface area contributed by atoms with Gasteiger partial charge < -0.3 is 28.8 Å². The number of hydrogen-bond donors (Lipinski definition) is 3. The van der Waals surface area contributed by atoms with E-state index < -0.39 is 36.0 Å². The van der Waals surface area contributed by atoms with E-state index in [9.17, 15) is 5.11 Å². The molecule has 6 rings (SSSR count). The summed E-state index contributed by atoms with van der Waals surface area (Å²) in [6.45, 7) is 8.30. The highest BCUT2D eigenvalue weighted by Crippen LogP contribution is 2.35. The maximum absolute atomic E-state index is 10.2. The maximum Gasteiger partial charge on any atom is 0.301 e. The molecule has 0 amide bonds. The van der Waals surface area contributed by atoms with E-state index in [2.05, 4.69) is 36.1 Å². The number of nitrogens with one attached hydrogen (secondary N) is 1. The van der Waals surface area contributed by atoms with Gasteiger partial charge in [0.1, 0.15) is 30.6 Å². The Bertz CT molecular complexity index is 1780. The predicted octanol–water partition coefficient (Wildman–Crippen LogP) is 5.51. The Morgan fingerprint density at radius 3 is 2.33 bits per heavy atom. The van der Waals surface area contributed by atoms with Gasteiger partial charge in [-0.05, 0) is 47.1 Å². The summed E-state index contributed by atoms with van der Waals surface area (Å²) >= 11 is 6.79. The zero-order valence-corrected chi connectivity index (χ0v) is 28.3. The zero-order valence-electron chi connectivity index (χ0n) is 25.7. The van der Waals surface area contributed by atoms with Crippen molar-refractivity contribution in [2.45, 2.75) is 56.8 Å². The standard InChI is InChI=1S/C32H40ClN5O5SSi/c1-44(2,34)37-23-12-10-21(11-13-23)20-6-8-22(9-7-20)28-24(33)16-25-31(36-28)38(19-40-14-15-45(3,4)5)32(35-25)43-27-18-42-29-26(39)17-41-30(27)29/h6-13,16,26-27,29-30,37,39H,1-2,14-15,17-19,34H2,3-5H3/t26-,27-,29-,30-/m1/s1. The minimum absolute atomic E-state index is 0.217. The van der Waals surface area contributed by atoms with Crippen molar-refractivity contribution in [3.63, 3.8) is 0 Å². The summed E-state index contributed by atoms with van der Waals surface area (Å²) in [5.41, 5.74) is 5.66. The number of nitrogens with zero attached hydrogens (tertiary/aromatic N) is 3. The van der Waals surface area contributed by atoms with Gasteiger partial charge in [-0.1, -0.05) is 77.2 Å². The van der Waals surface area contributed by atoms with E-state index in [0.29, 0.717) is 34.5 Å². The second-order valence-corrected chi connectivity index (χ2v) is 21.0. The number of anilines is 1. The van der Waals surface area contributed by atoms with Gasteiger partial charge in [-0.3, -0.25) is 9.71 Å². The Labute approximate surface area is 270 Å². The molecular formula is C32H40ClN5O5SSi. The largest absolute Gasteiger partial charge is 0.456 e. The number of hydrogen-bond acceptors (Lipinski definition) is 9. The molecule has 2 saturated heterocycles. The number of aliphatic hydroxyl groups is 1. The number of ether oxygens (including phenoxy) is 4. The van der Waals surface area contributed by atoms with Crippen LogP contribution in [0.4, 0.5) is 5.69 Å². The summed E-state index contributed by atoms with van der Waals surface area (Å²) in [6.07, 6.45) is -1.88. The maximum atomic E-state index is 10.2. The van der Waals surface area contributed by atoms with E-state index in [1.807, 2.05) is 53.1 Å². The zero-order chi connectivity index (χ0) is 31.9. The monoisotopic (exact) mass is 669 g/mol. The summed E-state index contributed by atoms with van der Waals surface area (Å²) in [5, 5.41) is 16.6. The van der Waals surface area contributed by atoms with Gasteiger partial charge in [-0.25, -0.2) is 4.98 Å². The van der Waals surface area contributed by atoms with E-state index in [1.165, 1.54) is 0 Å². The number of aromatic nitrogens is 3. The lowest BCUT2D eigenvalue weighted by Crippen LogP contribution is -2.35. The summed E-state index contributed by atoms with van der Waals surface area (Å²) in [4.78, 5) is 9.72. The molecule has 0 saturated carbocycles. The average molecular weight is 670 g/mol. The van der Waals surface area contributed by atoms with E-state index in [4.69, 9.17) is 45.7 Å². The van der Waals surface area contributed by atoms with Crippen LogP contribution in [0.3, 0.4) is 0 Å². The van der Waals surface area contributed by atoms with Crippen LogP contribution in [0.1, 0.15) is 0 Å². The minimum atomic E-state index is -1.85. The molecule has 0 unspecified atom stereocenters. The molecule has 4 atom stereocenters. The van der Waals surface area contributed by atoms with Crippen LogP contribution in [0.5, 0.6) is 6.01 Å². The van der Waals surface area contributed by atoms with Crippen molar-refractivity contribution >= 4 is 57.8 Å². The molecule has 4 N–H and O–H groups in total. The first-order chi connectivity index (χ1) is 21.3. The third-order valence-electron chi connectivity index (χ3n) is 7.79. The van der Waals surface area contributed by atoms with Crippen molar-refractivity contribution in [2.24, 2.45) is 5.14 Å². The van der Waals surface area contributed by atoms with Gasteiger partial charge in [0.2, 0.25) is 0 Å². The normalized spacial score (nSPS) is 21.7. The van der Waals surface area contributed by atoms with Crippen molar-refractivity contribution in [3.05, 3.63) is 59.6 Å². The lowest BCUT2D eigenvalue weighted by Gasteiger charge is -2.19. The molecule has 2 fully saturated rings. The number of imidazole rings is 1. The Kier molecular flexibility index (Phi) is 9.03. The minimum Gasteiger partial charge on any atom is -0.456 e. The lowest BCUT2D eigenvalue weighted by molar-refractivity contribution is 0.00336. The van der Waals surface area contributed by atoms with Gasteiger partial charge in [-0.15, -0.1) is 0 Å². The second-order valence-electron chi connectivity index (χ2n) is 12.9. The van der Waals surface area contributed by atoms with Crippen LogP contribution in [0, 0.1) is 0 Å². The molecule has 2 aliphatic rings. The highest BCUT2D eigenvalue weighted by Gasteiger charge is 2.49. The van der Waals surface area contributed by atoms with Crippen LogP contribution in [-0.2, 0) is 20.9 Å². The van der Waals surface area contributed by atoms with Crippen LogP contribution in [0.2, 0.25) is 30.7 Å². The molecule has 0 spiro atoms. The molecule has 4 heterocycles. The smallest absolute Gasteiger partial charge is 0.301 e. The molecule has 10 nitrogen and oxygen atoms in total. The fraction of sp³-hybridized carbons (Fsp3) is 0.375. The SMILES string of the molecule is C=S(=C)(N)Nc1ccc(-c2ccc(-c3nc4c(cc3Cl)nc(O[C@@H]3CO[C@H]5[C@@H]3OC[C@H]5O)n4COCC[Si](C)(C)C)cc2)cc1. The Balaban J connectivity index is 1.28. The van der Waals surface area contributed by atoms with Crippen LogP contribution in [0.15, 0.2) is 54.6 Å².